The molecule has 1 aromatic rings. The molecule has 1 aromatic carbocycles. The van der Waals surface area contributed by atoms with Crippen molar-refractivity contribution in [2.45, 2.75) is 0 Å². The Bertz CT molecular complexity index is 334. The molecule has 1 N–H and O–H groups in total. The predicted molar refractivity (Wildman–Crippen MR) is 47.2 cm³/mol. The highest BCUT2D eigenvalue weighted by Gasteiger charge is 2.04. The van der Waals surface area contributed by atoms with E-state index in [4.69, 9.17) is 5.11 Å². The van der Waals surface area contributed by atoms with Crippen molar-refractivity contribution in [1.82, 2.24) is 0 Å². The lowest BCUT2D eigenvalue weighted by Gasteiger charge is -2.17. The quantitative estimate of drug-likeness (QED) is 0.720. The van der Waals surface area contributed by atoms with E-state index in [0.29, 0.717) is 5.69 Å². The van der Waals surface area contributed by atoms with Gasteiger partial charge in [-0.2, -0.15) is 0 Å². The smallest absolute Gasteiger partial charge is 0.335 e. The zero-order chi connectivity index (χ0) is 10.0. The number of hydrogen-bond donors (Lipinski definition) is 1. The van der Waals surface area contributed by atoms with E-state index in [-0.39, 0.29) is 5.56 Å². The molecule has 0 radical (unpaired) electrons. The van der Waals surface area contributed by atoms with Gasteiger partial charge in [-0.1, -0.05) is 5.75 Å². The number of benzene rings is 1. The average molecular weight is 180 g/mol. The lowest BCUT2D eigenvalue weighted by Crippen LogP contribution is -2.11. The number of rotatable bonds is 2. The fraction of sp³-hybridized carbons (Fsp3) is 0.222. The lowest BCUT2D eigenvalue weighted by atomic mass is 10.2. The molecule has 0 amide bonds. The van der Waals surface area contributed by atoms with Gasteiger partial charge in [0.25, 0.3) is 0 Å². The summed E-state index contributed by atoms with van der Waals surface area (Å²) in [6.07, 6.45) is 0. The van der Waals surface area contributed by atoms with Gasteiger partial charge in [-0.3, -0.25) is 0 Å². The molecule has 0 saturated heterocycles. The second-order valence-electron chi connectivity index (χ2n) is 2.88. The normalized spacial score (nSPS) is 9.69. The second kappa shape index (κ2) is 3.35. The molecule has 0 saturated carbocycles. The number of anilines is 1. The van der Waals surface area contributed by atoms with Crippen molar-refractivity contribution >= 4 is 11.7 Å². The molecule has 0 aliphatic rings. The van der Waals surface area contributed by atoms with Gasteiger partial charge in [0.2, 0.25) is 0 Å². The Morgan fingerprint density at radius 1 is 1.46 bits per heavy atom. The third-order valence-corrected chi connectivity index (χ3v) is 1.71. The van der Waals surface area contributed by atoms with Crippen LogP contribution >= 0.6 is 0 Å². The van der Waals surface area contributed by atoms with Crippen LogP contribution in [0.5, 0.6) is 5.75 Å². The topological polar surface area (TPSA) is 63.6 Å². The molecule has 0 aliphatic heterocycles. The van der Waals surface area contributed by atoms with Crippen LogP contribution in [0.2, 0.25) is 0 Å². The van der Waals surface area contributed by atoms with Crippen LogP contribution in [-0.4, -0.2) is 25.2 Å². The van der Waals surface area contributed by atoms with Crippen LogP contribution in [0.4, 0.5) is 5.69 Å². The van der Waals surface area contributed by atoms with Gasteiger partial charge in [-0.25, -0.2) is 4.79 Å². The van der Waals surface area contributed by atoms with Gasteiger partial charge < -0.3 is 15.1 Å². The van der Waals surface area contributed by atoms with Crippen molar-refractivity contribution in [1.29, 1.82) is 0 Å². The van der Waals surface area contributed by atoms with Crippen LogP contribution in [0, 0.1) is 0 Å². The Labute approximate surface area is 76.0 Å². The van der Waals surface area contributed by atoms with Crippen LogP contribution in [0.3, 0.4) is 0 Å². The molecule has 0 bridgehead atoms. The van der Waals surface area contributed by atoms with Crippen molar-refractivity contribution in [3.05, 3.63) is 23.8 Å². The Hall–Kier alpha value is -1.71. The summed E-state index contributed by atoms with van der Waals surface area (Å²) in [6, 6.07) is 4.23. The fourth-order valence-corrected chi connectivity index (χ4v) is 0.966. The first-order valence-corrected chi connectivity index (χ1v) is 3.74. The number of carboxylic acids is 1. The van der Waals surface area contributed by atoms with Gasteiger partial charge in [0.15, 0.2) is 0 Å². The van der Waals surface area contributed by atoms with E-state index in [0.717, 1.165) is 0 Å². The van der Waals surface area contributed by atoms with Crippen LogP contribution < -0.4 is 10.0 Å². The van der Waals surface area contributed by atoms with Crippen LogP contribution in [0.15, 0.2) is 18.2 Å². The standard InChI is InChI=1S/C9H11NO3/c1-10(2)6-3-4-7(9(12)13)8(11)5-6/h3-5,11H,1-2H3,(H,12,13)/p-1. The van der Waals surface area contributed by atoms with Gasteiger partial charge in [0.1, 0.15) is 0 Å². The number of carboxylic acid groups (broad SMARTS) is 1. The van der Waals surface area contributed by atoms with Crippen molar-refractivity contribution < 1.29 is 15.0 Å². The molecule has 0 aromatic heterocycles. The Morgan fingerprint density at radius 3 is 2.46 bits per heavy atom. The summed E-state index contributed by atoms with van der Waals surface area (Å²) >= 11 is 0. The number of nitrogens with zero attached hydrogens (tertiary/aromatic N) is 1. The third-order valence-electron chi connectivity index (χ3n) is 1.71. The summed E-state index contributed by atoms with van der Waals surface area (Å²) in [5.74, 6) is -1.64. The highest BCUT2D eigenvalue weighted by molar-refractivity contribution is 5.91. The Morgan fingerprint density at radius 2 is 2.08 bits per heavy atom. The van der Waals surface area contributed by atoms with Crippen molar-refractivity contribution in [3.8, 4) is 5.75 Å². The maximum absolute atomic E-state index is 11.2. The Balaban J connectivity index is 3.13. The van der Waals surface area contributed by atoms with Crippen molar-refractivity contribution in [3.63, 3.8) is 0 Å². The first-order chi connectivity index (χ1) is 6.02. The van der Waals surface area contributed by atoms with E-state index in [1.165, 1.54) is 12.1 Å². The summed E-state index contributed by atoms with van der Waals surface area (Å²) in [5.41, 5.74) is 0.514. The van der Waals surface area contributed by atoms with Crippen LogP contribution in [0.25, 0.3) is 0 Å². The monoisotopic (exact) mass is 180 g/mol. The summed E-state index contributed by atoms with van der Waals surface area (Å²) in [4.78, 5) is 12.2. The highest BCUT2D eigenvalue weighted by atomic mass is 16.4. The van der Waals surface area contributed by atoms with Gasteiger partial charge in [0.05, 0.1) is 5.56 Å². The largest absolute Gasteiger partial charge is 0.872 e. The molecule has 0 unspecified atom stereocenters. The molecule has 4 nitrogen and oxygen atoms in total. The minimum atomic E-state index is -1.18. The second-order valence-corrected chi connectivity index (χ2v) is 2.88. The minimum Gasteiger partial charge on any atom is -0.872 e. The predicted octanol–water partition coefficient (Wildman–Crippen LogP) is 0.524. The van der Waals surface area contributed by atoms with E-state index in [1.807, 2.05) is 0 Å². The fourth-order valence-electron chi connectivity index (χ4n) is 0.966. The molecule has 13 heavy (non-hydrogen) atoms. The number of carbonyl (C=O) groups is 1. The molecule has 70 valence electrons. The molecule has 0 fully saturated rings. The molecule has 0 spiro atoms. The summed E-state index contributed by atoms with van der Waals surface area (Å²) in [7, 11) is 3.57. The van der Waals surface area contributed by atoms with E-state index in [9.17, 15) is 9.90 Å². The summed E-state index contributed by atoms with van der Waals surface area (Å²) in [6.45, 7) is 0. The van der Waals surface area contributed by atoms with Gasteiger partial charge in [-0.15, -0.1) is 0 Å². The summed E-state index contributed by atoms with van der Waals surface area (Å²) < 4.78 is 0. The lowest BCUT2D eigenvalue weighted by molar-refractivity contribution is -0.268. The third kappa shape index (κ3) is 1.90. The first-order valence-electron chi connectivity index (χ1n) is 3.74. The molecule has 0 heterocycles. The van der Waals surface area contributed by atoms with Gasteiger partial charge >= 0.3 is 5.97 Å². The van der Waals surface area contributed by atoms with Gasteiger partial charge in [0, 0.05) is 19.8 Å². The van der Waals surface area contributed by atoms with Crippen LogP contribution in [0.1, 0.15) is 10.4 Å². The van der Waals surface area contributed by atoms with E-state index in [1.54, 1.807) is 25.1 Å². The minimum absolute atomic E-state index is 0.189. The van der Waals surface area contributed by atoms with Gasteiger partial charge in [-0.05, 0) is 18.2 Å². The average Bonchev–Trinajstić information content (AvgIpc) is 2.03. The number of aromatic carboxylic acids is 1. The van der Waals surface area contributed by atoms with Crippen molar-refractivity contribution in [2.24, 2.45) is 0 Å². The molecular formula is C9H10NO3-. The van der Waals surface area contributed by atoms with Crippen LogP contribution in [-0.2, 0) is 0 Å². The Kier molecular flexibility index (Phi) is 2.41. The molecule has 1 rings (SSSR count). The van der Waals surface area contributed by atoms with E-state index < -0.39 is 11.7 Å². The summed E-state index contributed by atoms with van der Waals surface area (Å²) in [5, 5.41) is 19.8. The SMILES string of the molecule is CN(C)c1ccc(C(=O)O)c([O-])c1. The van der Waals surface area contributed by atoms with E-state index in [2.05, 4.69) is 0 Å². The maximum Gasteiger partial charge on any atom is 0.335 e. The first kappa shape index (κ1) is 9.38. The highest BCUT2D eigenvalue weighted by Crippen LogP contribution is 2.20. The molecule has 0 aliphatic carbocycles. The zero-order valence-electron chi connectivity index (χ0n) is 7.44. The molecule has 0 atom stereocenters. The number of hydrogen-bond acceptors (Lipinski definition) is 3. The molecule has 4 heteroatoms. The van der Waals surface area contributed by atoms with E-state index >= 15 is 0 Å². The molecular weight excluding hydrogens is 170 g/mol. The maximum atomic E-state index is 11.2. The van der Waals surface area contributed by atoms with Crippen molar-refractivity contribution in [2.75, 3.05) is 19.0 Å². The zero-order valence-corrected chi connectivity index (χ0v) is 7.44.